The van der Waals surface area contributed by atoms with Crippen molar-refractivity contribution in [2.45, 2.75) is 19.0 Å². The Hall–Kier alpha value is -5.48. The quantitative estimate of drug-likeness (QED) is 0.193. The lowest BCUT2D eigenvalue weighted by atomic mass is 9.98. The fourth-order valence-electron chi connectivity index (χ4n) is 5.56. The largest absolute Gasteiger partial charge is 0.480 e. The first kappa shape index (κ1) is 27.7. The first-order valence-electron chi connectivity index (χ1n) is 14.4. The summed E-state index contributed by atoms with van der Waals surface area (Å²) in [5.41, 5.74) is 6.39. The van der Waals surface area contributed by atoms with Crippen LogP contribution in [0.5, 0.6) is 0 Å². The van der Waals surface area contributed by atoms with E-state index in [0.717, 1.165) is 44.2 Å². The minimum atomic E-state index is -1.07. The molecule has 0 spiro atoms. The number of hydrogen-bond donors (Lipinski definition) is 1. The molecule has 6 aromatic carbocycles. The number of nitrogens with zero attached hydrogens (tertiary/aromatic N) is 1. The molecule has 6 rings (SSSR count). The standard InChI is InChI=1S/C39H31NO3/c41-38(34-24-22-32(23-25-34)30-12-5-2-6-13-30)40(27-35-16-9-15-33-14-7-8-17-36(33)35)37(39(42)43)26-28-18-20-31(21-19-28)29-10-3-1-4-11-29/h1-25,37H,26-27H2,(H,42,43)/t37-/m1/s1. The monoisotopic (exact) mass is 561 g/mol. The molecule has 0 unspecified atom stereocenters. The van der Waals surface area contributed by atoms with Crippen molar-refractivity contribution in [1.82, 2.24) is 4.90 Å². The maximum absolute atomic E-state index is 14.2. The number of hydrogen-bond acceptors (Lipinski definition) is 2. The highest BCUT2D eigenvalue weighted by atomic mass is 16.4. The molecule has 0 saturated heterocycles. The van der Waals surface area contributed by atoms with Crippen molar-refractivity contribution in [3.8, 4) is 22.3 Å². The van der Waals surface area contributed by atoms with Gasteiger partial charge in [0, 0.05) is 18.5 Å². The molecular weight excluding hydrogens is 530 g/mol. The van der Waals surface area contributed by atoms with E-state index in [-0.39, 0.29) is 18.9 Å². The molecule has 0 aliphatic carbocycles. The highest BCUT2D eigenvalue weighted by Gasteiger charge is 2.31. The Morgan fingerprint density at radius 2 is 1.07 bits per heavy atom. The average Bonchev–Trinajstić information content (AvgIpc) is 3.07. The van der Waals surface area contributed by atoms with Gasteiger partial charge in [-0.3, -0.25) is 4.79 Å². The van der Waals surface area contributed by atoms with Gasteiger partial charge in [0.1, 0.15) is 6.04 Å². The Labute approximate surface area is 251 Å². The summed E-state index contributed by atoms with van der Waals surface area (Å²) >= 11 is 0. The Morgan fingerprint density at radius 3 is 1.67 bits per heavy atom. The summed E-state index contributed by atoms with van der Waals surface area (Å²) in [6, 6.07) is 48.2. The normalized spacial score (nSPS) is 11.6. The van der Waals surface area contributed by atoms with Crippen molar-refractivity contribution in [2.24, 2.45) is 0 Å². The van der Waals surface area contributed by atoms with E-state index in [1.807, 2.05) is 140 Å². The number of fused-ring (bicyclic) bond motifs is 1. The summed E-state index contributed by atoms with van der Waals surface area (Å²) in [7, 11) is 0. The fourth-order valence-corrected chi connectivity index (χ4v) is 5.56. The third-order valence-electron chi connectivity index (χ3n) is 7.87. The maximum Gasteiger partial charge on any atom is 0.326 e. The SMILES string of the molecule is O=C(O)[C@@H](Cc1ccc(-c2ccccc2)cc1)N(Cc1cccc2ccccc12)C(=O)c1ccc(-c2ccccc2)cc1. The van der Waals surface area contributed by atoms with Crippen LogP contribution in [0.15, 0.2) is 152 Å². The van der Waals surface area contributed by atoms with Crippen molar-refractivity contribution < 1.29 is 14.7 Å². The van der Waals surface area contributed by atoms with Gasteiger partial charge in [0.25, 0.3) is 5.91 Å². The highest BCUT2D eigenvalue weighted by molar-refractivity contribution is 5.97. The van der Waals surface area contributed by atoms with Crippen molar-refractivity contribution in [1.29, 1.82) is 0 Å². The second-order valence-electron chi connectivity index (χ2n) is 10.6. The Kier molecular flexibility index (Phi) is 8.10. The number of carboxylic acids is 1. The molecular formula is C39H31NO3. The minimum Gasteiger partial charge on any atom is -0.480 e. The van der Waals surface area contributed by atoms with E-state index in [1.54, 1.807) is 12.1 Å². The molecule has 4 nitrogen and oxygen atoms in total. The molecule has 43 heavy (non-hydrogen) atoms. The lowest BCUT2D eigenvalue weighted by molar-refractivity contribution is -0.142. The molecule has 0 saturated carbocycles. The zero-order valence-electron chi connectivity index (χ0n) is 23.6. The number of amides is 1. The van der Waals surface area contributed by atoms with Crippen LogP contribution < -0.4 is 0 Å². The second kappa shape index (κ2) is 12.6. The topological polar surface area (TPSA) is 57.6 Å². The van der Waals surface area contributed by atoms with Crippen molar-refractivity contribution >= 4 is 22.6 Å². The molecule has 0 aliphatic rings. The number of aliphatic carboxylic acids is 1. The van der Waals surface area contributed by atoms with Gasteiger partial charge in [0.05, 0.1) is 0 Å². The van der Waals surface area contributed by atoms with Gasteiger partial charge in [-0.1, -0.05) is 140 Å². The van der Waals surface area contributed by atoms with Gasteiger partial charge < -0.3 is 10.0 Å². The van der Waals surface area contributed by atoms with Gasteiger partial charge in [-0.05, 0) is 56.3 Å². The van der Waals surface area contributed by atoms with E-state index in [4.69, 9.17) is 0 Å². The molecule has 0 aromatic heterocycles. The summed E-state index contributed by atoms with van der Waals surface area (Å²) in [5.74, 6) is -1.36. The van der Waals surface area contributed by atoms with E-state index < -0.39 is 12.0 Å². The summed E-state index contributed by atoms with van der Waals surface area (Å²) in [6.45, 7) is 0.166. The Morgan fingerprint density at radius 1 is 0.558 bits per heavy atom. The van der Waals surface area contributed by atoms with Crippen LogP contribution in [-0.4, -0.2) is 27.9 Å². The third-order valence-corrected chi connectivity index (χ3v) is 7.87. The van der Waals surface area contributed by atoms with Gasteiger partial charge in [0.2, 0.25) is 0 Å². The maximum atomic E-state index is 14.2. The molecule has 6 aromatic rings. The molecule has 4 heteroatoms. The van der Waals surface area contributed by atoms with Crippen molar-refractivity contribution in [3.63, 3.8) is 0 Å². The molecule has 0 heterocycles. The third kappa shape index (κ3) is 6.24. The predicted octanol–water partition coefficient (Wildman–Crippen LogP) is 8.51. The van der Waals surface area contributed by atoms with E-state index in [1.165, 1.54) is 4.90 Å². The number of carboxylic acid groups (broad SMARTS) is 1. The molecule has 210 valence electrons. The van der Waals surface area contributed by atoms with E-state index in [2.05, 4.69) is 0 Å². The number of carbonyl (C=O) groups excluding carboxylic acids is 1. The Balaban J connectivity index is 1.34. The fraction of sp³-hybridized carbons (Fsp3) is 0.0769. The summed E-state index contributed by atoms with van der Waals surface area (Å²) in [6.07, 6.45) is 0.184. The molecule has 0 fully saturated rings. The number of rotatable bonds is 9. The smallest absolute Gasteiger partial charge is 0.326 e. The van der Waals surface area contributed by atoms with Crippen LogP contribution in [0, 0.1) is 0 Å². The molecule has 0 aliphatic heterocycles. The lowest BCUT2D eigenvalue weighted by Gasteiger charge is -2.30. The first-order chi connectivity index (χ1) is 21.1. The average molecular weight is 562 g/mol. The minimum absolute atomic E-state index is 0.166. The van der Waals surface area contributed by atoms with E-state index in [9.17, 15) is 14.7 Å². The van der Waals surface area contributed by atoms with Gasteiger partial charge in [-0.2, -0.15) is 0 Å². The molecule has 0 bridgehead atoms. The van der Waals surface area contributed by atoms with Gasteiger partial charge in [-0.15, -0.1) is 0 Å². The molecule has 1 atom stereocenters. The summed E-state index contributed by atoms with van der Waals surface area (Å²) in [5, 5.41) is 12.6. The van der Waals surface area contributed by atoms with Crippen LogP contribution >= 0.6 is 0 Å². The summed E-state index contributed by atoms with van der Waals surface area (Å²) in [4.78, 5) is 28.5. The molecule has 1 N–H and O–H groups in total. The van der Waals surface area contributed by atoms with Crippen LogP contribution in [0.4, 0.5) is 0 Å². The van der Waals surface area contributed by atoms with Gasteiger partial charge in [-0.25, -0.2) is 4.79 Å². The van der Waals surface area contributed by atoms with Crippen LogP contribution in [0.2, 0.25) is 0 Å². The number of benzene rings is 6. The number of carbonyl (C=O) groups is 2. The van der Waals surface area contributed by atoms with Crippen molar-refractivity contribution in [2.75, 3.05) is 0 Å². The van der Waals surface area contributed by atoms with Crippen LogP contribution in [0.3, 0.4) is 0 Å². The first-order valence-corrected chi connectivity index (χ1v) is 14.4. The van der Waals surface area contributed by atoms with Gasteiger partial charge in [0.15, 0.2) is 0 Å². The van der Waals surface area contributed by atoms with Crippen LogP contribution in [0.1, 0.15) is 21.5 Å². The van der Waals surface area contributed by atoms with E-state index in [0.29, 0.717) is 5.56 Å². The molecule has 1 amide bonds. The molecule has 0 radical (unpaired) electrons. The predicted molar refractivity (Wildman–Crippen MR) is 173 cm³/mol. The van der Waals surface area contributed by atoms with Crippen molar-refractivity contribution in [3.05, 3.63) is 168 Å². The summed E-state index contributed by atoms with van der Waals surface area (Å²) < 4.78 is 0. The highest BCUT2D eigenvalue weighted by Crippen LogP contribution is 2.26. The van der Waals surface area contributed by atoms with Crippen LogP contribution in [0.25, 0.3) is 33.0 Å². The lowest BCUT2D eigenvalue weighted by Crippen LogP contribution is -2.46. The van der Waals surface area contributed by atoms with Crippen LogP contribution in [-0.2, 0) is 17.8 Å². The second-order valence-corrected chi connectivity index (χ2v) is 10.6. The zero-order valence-corrected chi connectivity index (χ0v) is 23.6. The van der Waals surface area contributed by atoms with Gasteiger partial charge >= 0.3 is 5.97 Å². The van der Waals surface area contributed by atoms with E-state index >= 15 is 0 Å². The zero-order chi connectivity index (χ0) is 29.6. The Bertz CT molecular complexity index is 1840.